The minimum atomic E-state index is -0.184. The summed E-state index contributed by atoms with van der Waals surface area (Å²) in [6.07, 6.45) is 2.13. The highest BCUT2D eigenvalue weighted by molar-refractivity contribution is 5.77. The summed E-state index contributed by atoms with van der Waals surface area (Å²) >= 11 is 0. The van der Waals surface area contributed by atoms with Crippen LogP contribution >= 0.6 is 0 Å². The van der Waals surface area contributed by atoms with E-state index in [1.54, 1.807) is 0 Å². The monoisotopic (exact) mass is 242 g/mol. The Kier molecular flexibility index (Phi) is 5.40. The Hall–Kier alpha value is -0.610. The molecule has 0 aromatic carbocycles. The summed E-state index contributed by atoms with van der Waals surface area (Å²) < 4.78 is 5.74. The van der Waals surface area contributed by atoms with Crippen LogP contribution in [-0.2, 0) is 9.53 Å². The Morgan fingerprint density at radius 2 is 2.18 bits per heavy atom. The van der Waals surface area contributed by atoms with E-state index >= 15 is 0 Å². The van der Waals surface area contributed by atoms with Gasteiger partial charge in [0.05, 0.1) is 5.60 Å². The predicted molar refractivity (Wildman–Crippen MR) is 68.9 cm³/mol. The number of piperidine rings is 1. The van der Waals surface area contributed by atoms with Crippen LogP contribution in [0.1, 0.15) is 40.5 Å². The van der Waals surface area contributed by atoms with E-state index < -0.39 is 0 Å². The molecule has 0 aromatic rings. The lowest BCUT2D eigenvalue weighted by atomic mass is 9.96. The smallest absolute Gasteiger partial charge is 0.246 e. The number of carbonyl (C=O) groups excluding carboxylic acids is 1. The normalized spacial score (nSPS) is 26.9. The van der Waals surface area contributed by atoms with Crippen LogP contribution in [0.25, 0.3) is 0 Å². The fourth-order valence-electron chi connectivity index (χ4n) is 1.85. The molecule has 1 saturated heterocycles. The van der Waals surface area contributed by atoms with Crippen molar-refractivity contribution in [2.75, 3.05) is 19.7 Å². The molecular weight excluding hydrogens is 216 g/mol. The highest BCUT2D eigenvalue weighted by Gasteiger charge is 2.28. The molecule has 1 rings (SSSR count). The third kappa shape index (κ3) is 5.04. The van der Waals surface area contributed by atoms with E-state index in [0.717, 1.165) is 25.9 Å². The van der Waals surface area contributed by atoms with Crippen LogP contribution in [0, 0.1) is 5.92 Å². The van der Waals surface area contributed by atoms with Crippen LogP contribution in [0.5, 0.6) is 0 Å². The van der Waals surface area contributed by atoms with E-state index in [-0.39, 0.29) is 24.2 Å². The van der Waals surface area contributed by atoms with Gasteiger partial charge in [0.1, 0.15) is 6.61 Å². The zero-order chi connectivity index (χ0) is 12.9. The second-order valence-electron chi connectivity index (χ2n) is 5.62. The van der Waals surface area contributed by atoms with Gasteiger partial charge < -0.3 is 15.4 Å². The lowest BCUT2D eigenvalue weighted by Crippen LogP contribution is -2.47. The van der Waals surface area contributed by atoms with E-state index in [2.05, 4.69) is 31.4 Å². The standard InChI is InChI=1S/C13H26N2O2/c1-10(2)11(3)15-12(16)8-17-13(4)6-5-7-14-9-13/h10-11,14H,5-9H2,1-4H3,(H,15,16). The Balaban J connectivity index is 2.27. The molecule has 17 heavy (non-hydrogen) atoms. The van der Waals surface area contributed by atoms with Crippen LogP contribution in [0.2, 0.25) is 0 Å². The molecule has 1 heterocycles. The molecule has 2 N–H and O–H groups in total. The van der Waals surface area contributed by atoms with Crippen molar-refractivity contribution in [1.82, 2.24) is 10.6 Å². The van der Waals surface area contributed by atoms with Crippen molar-refractivity contribution in [2.45, 2.75) is 52.2 Å². The van der Waals surface area contributed by atoms with Crippen molar-refractivity contribution < 1.29 is 9.53 Å². The number of rotatable bonds is 5. The van der Waals surface area contributed by atoms with Gasteiger partial charge in [-0.15, -0.1) is 0 Å². The molecule has 0 saturated carbocycles. The van der Waals surface area contributed by atoms with Gasteiger partial charge >= 0.3 is 0 Å². The summed E-state index contributed by atoms with van der Waals surface area (Å²) in [6.45, 7) is 10.3. The quantitative estimate of drug-likeness (QED) is 0.764. The van der Waals surface area contributed by atoms with Crippen LogP contribution in [0.15, 0.2) is 0 Å². The Bertz CT molecular complexity index is 248. The molecule has 1 aliphatic rings. The van der Waals surface area contributed by atoms with Gasteiger partial charge in [0.2, 0.25) is 5.91 Å². The van der Waals surface area contributed by atoms with Gasteiger partial charge in [0.25, 0.3) is 0 Å². The summed E-state index contributed by atoms with van der Waals surface area (Å²) in [6, 6.07) is 0.198. The number of amides is 1. The predicted octanol–water partition coefficient (Wildman–Crippen LogP) is 1.31. The number of carbonyl (C=O) groups is 1. The average Bonchev–Trinajstić information content (AvgIpc) is 2.27. The SMILES string of the molecule is CC(C)C(C)NC(=O)COC1(C)CCCNC1. The number of ether oxygens (including phenoxy) is 1. The molecule has 4 nitrogen and oxygen atoms in total. The van der Waals surface area contributed by atoms with Crippen molar-refractivity contribution in [3.05, 3.63) is 0 Å². The molecule has 0 aromatic heterocycles. The molecule has 0 aliphatic carbocycles. The van der Waals surface area contributed by atoms with Crippen LogP contribution in [0.4, 0.5) is 0 Å². The van der Waals surface area contributed by atoms with Gasteiger partial charge in [-0.25, -0.2) is 0 Å². The molecule has 4 heteroatoms. The first-order valence-corrected chi connectivity index (χ1v) is 6.57. The summed E-state index contributed by atoms with van der Waals surface area (Å²) in [5, 5.41) is 6.25. The number of hydrogen-bond acceptors (Lipinski definition) is 3. The van der Waals surface area contributed by atoms with E-state index in [1.165, 1.54) is 0 Å². The topological polar surface area (TPSA) is 50.4 Å². The molecule has 2 atom stereocenters. The van der Waals surface area contributed by atoms with Crippen molar-refractivity contribution >= 4 is 5.91 Å². The largest absolute Gasteiger partial charge is 0.364 e. The fourth-order valence-corrected chi connectivity index (χ4v) is 1.85. The minimum absolute atomic E-state index is 0.0157. The van der Waals surface area contributed by atoms with E-state index in [1.807, 2.05) is 6.92 Å². The zero-order valence-electron chi connectivity index (χ0n) is 11.5. The fraction of sp³-hybridized carbons (Fsp3) is 0.923. The highest BCUT2D eigenvalue weighted by atomic mass is 16.5. The second-order valence-corrected chi connectivity index (χ2v) is 5.62. The van der Waals surface area contributed by atoms with E-state index in [9.17, 15) is 4.79 Å². The lowest BCUT2D eigenvalue weighted by Gasteiger charge is -2.34. The van der Waals surface area contributed by atoms with Gasteiger partial charge in [-0.3, -0.25) is 4.79 Å². The van der Waals surface area contributed by atoms with E-state index in [4.69, 9.17) is 4.74 Å². The summed E-state index contributed by atoms with van der Waals surface area (Å²) in [7, 11) is 0. The summed E-state index contributed by atoms with van der Waals surface area (Å²) in [4.78, 5) is 11.7. The molecule has 1 amide bonds. The molecule has 100 valence electrons. The number of nitrogens with one attached hydrogen (secondary N) is 2. The molecule has 1 fully saturated rings. The van der Waals surface area contributed by atoms with Gasteiger partial charge in [-0.2, -0.15) is 0 Å². The maximum Gasteiger partial charge on any atom is 0.246 e. The first-order valence-electron chi connectivity index (χ1n) is 6.57. The van der Waals surface area contributed by atoms with Crippen molar-refractivity contribution in [2.24, 2.45) is 5.92 Å². The van der Waals surface area contributed by atoms with Crippen LogP contribution in [0.3, 0.4) is 0 Å². The zero-order valence-corrected chi connectivity index (χ0v) is 11.5. The van der Waals surface area contributed by atoms with Crippen LogP contribution < -0.4 is 10.6 Å². The van der Waals surface area contributed by atoms with Gasteiger partial charge in [0.15, 0.2) is 0 Å². The van der Waals surface area contributed by atoms with Gasteiger partial charge in [-0.05, 0) is 39.2 Å². The maximum atomic E-state index is 11.7. The van der Waals surface area contributed by atoms with Crippen LogP contribution in [-0.4, -0.2) is 37.2 Å². The Morgan fingerprint density at radius 3 is 2.71 bits per heavy atom. The molecule has 0 radical (unpaired) electrons. The van der Waals surface area contributed by atoms with Gasteiger partial charge in [0, 0.05) is 12.6 Å². The lowest BCUT2D eigenvalue weighted by molar-refractivity contribution is -0.134. The second kappa shape index (κ2) is 6.36. The maximum absolute atomic E-state index is 11.7. The Morgan fingerprint density at radius 1 is 1.47 bits per heavy atom. The van der Waals surface area contributed by atoms with Crippen molar-refractivity contribution in [1.29, 1.82) is 0 Å². The molecule has 2 unspecified atom stereocenters. The molecule has 0 spiro atoms. The van der Waals surface area contributed by atoms with E-state index in [0.29, 0.717) is 5.92 Å². The molecular formula is C13H26N2O2. The molecule has 0 bridgehead atoms. The Labute approximate surface area is 104 Å². The van der Waals surface area contributed by atoms with Gasteiger partial charge in [-0.1, -0.05) is 13.8 Å². The van der Waals surface area contributed by atoms with Crippen molar-refractivity contribution in [3.8, 4) is 0 Å². The third-order valence-corrected chi connectivity index (χ3v) is 3.50. The average molecular weight is 242 g/mol. The molecule has 1 aliphatic heterocycles. The first kappa shape index (κ1) is 14.5. The third-order valence-electron chi connectivity index (χ3n) is 3.50. The number of hydrogen-bond donors (Lipinski definition) is 2. The minimum Gasteiger partial charge on any atom is -0.364 e. The summed E-state index contributed by atoms with van der Waals surface area (Å²) in [5.74, 6) is 0.434. The first-order chi connectivity index (χ1) is 7.93. The van der Waals surface area contributed by atoms with Crippen molar-refractivity contribution in [3.63, 3.8) is 0 Å². The highest BCUT2D eigenvalue weighted by Crippen LogP contribution is 2.19. The summed E-state index contributed by atoms with van der Waals surface area (Å²) in [5.41, 5.74) is -0.184.